The van der Waals surface area contributed by atoms with Gasteiger partial charge in [0.25, 0.3) is 0 Å². The number of aromatic nitrogens is 2. The molecule has 6 heterocycles. The van der Waals surface area contributed by atoms with Gasteiger partial charge in [-0.05, 0) is 49.4 Å². The van der Waals surface area contributed by atoms with Gasteiger partial charge in [-0.25, -0.2) is 30.0 Å². The smallest absolute Gasteiger partial charge is 0.358 e. The van der Waals surface area contributed by atoms with Crippen LogP contribution in [0.15, 0.2) is 127 Å². The number of rotatable bonds is 12. The molecule has 4 aliphatic rings. The van der Waals surface area contributed by atoms with Crippen LogP contribution in [0.2, 0.25) is 0 Å². The molecule has 4 aliphatic heterocycles. The third-order valence-corrected chi connectivity index (χ3v) is 15.2. The van der Waals surface area contributed by atoms with Crippen molar-refractivity contribution in [3.05, 3.63) is 130 Å². The Morgan fingerprint density at radius 2 is 0.705 bits per heavy atom. The molecule has 6 bridgehead atoms. The lowest BCUT2D eigenvalue weighted by molar-refractivity contribution is 0.0314. The van der Waals surface area contributed by atoms with Crippen LogP contribution < -0.4 is 11.0 Å². The summed E-state index contributed by atoms with van der Waals surface area (Å²) in [6.07, 6.45) is 2.96. The van der Waals surface area contributed by atoms with Crippen molar-refractivity contribution < 1.29 is 8.85 Å². The quantitative estimate of drug-likeness (QED) is 0.115. The molecule has 0 fully saturated rings. The predicted octanol–water partition coefficient (Wildman–Crippen LogP) is 10.3. The first-order chi connectivity index (χ1) is 29.5. The van der Waals surface area contributed by atoms with Crippen molar-refractivity contribution in [1.29, 1.82) is 0 Å². The van der Waals surface area contributed by atoms with Gasteiger partial charge in [0.05, 0.1) is 12.2 Å². The molecule has 10 nitrogen and oxygen atoms in total. The van der Waals surface area contributed by atoms with Gasteiger partial charge >= 0.3 is 8.88 Å². The molecule has 0 unspecified atom stereocenters. The number of aliphatic imine (C=N–C) groups is 4. The molecule has 310 valence electrons. The average Bonchev–Trinajstić information content (AvgIpc) is 3.93. The second-order valence-corrected chi connectivity index (χ2v) is 21.1. The van der Waals surface area contributed by atoms with Crippen molar-refractivity contribution in [3.63, 3.8) is 0 Å². The zero-order valence-corrected chi connectivity index (χ0v) is 37.4. The largest absolute Gasteiger partial charge is 0.603 e. The van der Waals surface area contributed by atoms with Crippen molar-refractivity contribution in [2.45, 2.75) is 93.3 Å². The summed E-state index contributed by atoms with van der Waals surface area (Å²) in [5.41, 5.74) is 5.06. The predicted molar refractivity (Wildman–Crippen MR) is 249 cm³/mol. The van der Waals surface area contributed by atoms with E-state index in [-0.39, 0.29) is 12.2 Å². The molecule has 0 amide bonds. The zero-order valence-electron chi connectivity index (χ0n) is 36.4. The van der Waals surface area contributed by atoms with Gasteiger partial charge < -0.3 is 8.85 Å². The van der Waals surface area contributed by atoms with E-state index in [1.807, 2.05) is 24.3 Å². The number of nitrogens with zero attached hydrogens (tertiary/aromatic N) is 8. The summed E-state index contributed by atoms with van der Waals surface area (Å²) in [7, 11) is -4.28. The molecule has 0 saturated heterocycles. The molecule has 10 rings (SSSR count). The SMILES string of the molecule is CC(C)CC(CC(C)C)O[Si]1(OC(CC(C)C)CC(C)C)n2c3c4ccccc4c2/N=C2N=C(/N=c4/c5ccccc5/c(n41)=N/C1=NC(=N\3)/c3ccccc31)c1ccccc1\2. The fraction of sp³-hybridized carbons (Fsp3) is 0.360. The number of amidine groups is 4. The Morgan fingerprint density at radius 1 is 0.393 bits per heavy atom. The Kier molecular flexibility index (Phi) is 9.96. The van der Waals surface area contributed by atoms with E-state index in [1.54, 1.807) is 0 Å². The third kappa shape index (κ3) is 6.78. The van der Waals surface area contributed by atoms with Crippen LogP contribution >= 0.6 is 0 Å². The Bertz CT molecular complexity index is 2770. The molecular formula is C50H54N8O2Si. The minimum atomic E-state index is -4.28. The molecule has 4 aromatic carbocycles. The molecule has 6 aromatic rings. The van der Waals surface area contributed by atoms with Gasteiger partial charge in [-0.2, -0.15) is 0 Å². The van der Waals surface area contributed by atoms with Crippen LogP contribution in [-0.4, -0.2) is 52.9 Å². The van der Waals surface area contributed by atoms with Crippen LogP contribution in [0.1, 0.15) is 103 Å². The summed E-state index contributed by atoms with van der Waals surface area (Å²) in [6.45, 7) is 18.2. The highest BCUT2D eigenvalue weighted by atomic mass is 28.4. The van der Waals surface area contributed by atoms with E-state index < -0.39 is 8.88 Å². The van der Waals surface area contributed by atoms with E-state index in [4.69, 9.17) is 38.8 Å². The van der Waals surface area contributed by atoms with Crippen LogP contribution in [0.3, 0.4) is 0 Å². The van der Waals surface area contributed by atoms with E-state index in [0.29, 0.717) is 69.6 Å². The van der Waals surface area contributed by atoms with E-state index in [0.717, 1.165) is 69.5 Å². The van der Waals surface area contributed by atoms with Crippen LogP contribution in [0, 0.1) is 23.7 Å². The first-order valence-electron chi connectivity index (χ1n) is 22.1. The second-order valence-electron chi connectivity index (χ2n) is 18.7. The lowest BCUT2D eigenvalue weighted by atomic mass is 9.98. The van der Waals surface area contributed by atoms with Crippen LogP contribution in [0.5, 0.6) is 0 Å². The number of hydrogen-bond donors (Lipinski definition) is 0. The maximum atomic E-state index is 8.23. The molecular weight excluding hydrogens is 773 g/mol. The van der Waals surface area contributed by atoms with E-state index in [1.165, 1.54) is 0 Å². The Hall–Kier alpha value is -5.62. The zero-order chi connectivity index (χ0) is 42.2. The van der Waals surface area contributed by atoms with Crippen LogP contribution in [-0.2, 0) is 8.85 Å². The van der Waals surface area contributed by atoms with E-state index >= 15 is 0 Å². The van der Waals surface area contributed by atoms with Gasteiger partial charge in [-0.1, -0.05) is 152 Å². The van der Waals surface area contributed by atoms with Crippen molar-refractivity contribution >= 4 is 65.4 Å². The number of hydrogen-bond acceptors (Lipinski definition) is 8. The maximum Gasteiger partial charge on any atom is 0.603 e. The van der Waals surface area contributed by atoms with Gasteiger partial charge in [-0.15, -0.1) is 0 Å². The molecule has 0 radical (unpaired) electrons. The molecule has 0 aliphatic carbocycles. The first kappa shape index (κ1) is 39.5. The summed E-state index contributed by atoms with van der Waals surface area (Å²) in [4.78, 5) is 33.1. The van der Waals surface area contributed by atoms with Crippen molar-refractivity contribution in [2.75, 3.05) is 0 Å². The molecule has 61 heavy (non-hydrogen) atoms. The molecule has 0 N–H and O–H groups in total. The third-order valence-electron chi connectivity index (χ3n) is 11.9. The van der Waals surface area contributed by atoms with Crippen molar-refractivity contribution in [2.24, 2.45) is 53.6 Å². The van der Waals surface area contributed by atoms with Crippen molar-refractivity contribution in [1.82, 2.24) is 8.47 Å². The van der Waals surface area contributed by atoms with Gasteiger partial charge in [0, 0.05) is 43.8 Å². The Balaban J connectivity index is 1.49. The molecule has 0 saturated carbocycles. The molecule has 2 aromatic heterocycles. The highest BCUT2D eigenvalue weighted by molar-refractivity contribution is 6.66. The highest BCUT2D eigenvalue weighted by Crippen LogP contribution is 2.45. The van der Waals surface area contributed by atoms with E-state index in [2.05, 4.69) is 137 Å². The number of benzene rings is 4. The summed E-state index contributed by atoms with van der Waals surface area (Å²) in [5.74, 6) is 5.17. The highest BCUT2D eigenvalue weighted by Gasteiger charge is 2.55. The average molecular weight is 827 g/mol. The van der Waals surface area contributed by atoms with Crippen molar-refractivity contribution in [3.8, 4) is 0 Å². The fourth-order valence-electron chi connectivity index (χ4n) is 9.60. The van der Waals surface area contributed by atoms with Gasteiger partial charge in [-0.3, -0.25) is 8.47 Å². The van der Waals surface area contributed by atoms with Gasteiger partial charge in [0.1, 0.15) is 22.6 Å². The normalized spacial score (nSPS) is 18.8. The van der Waals surface area contributed by atoms with Gasteiger partial charge in [0.2, 0.25) is 0 Å². The first-order valence-corrected chi connectivity index (χ1v) is 23.8. The molecule has 0 spiro atoms. The Morgan fingerprint density at radius 3 is 1.05 bits per heavy atom. The summed E-state index contributed by atoms with van der Waals surface area (Å²) < 4.78 is 21.0. The topological polar surface area (TPSA) is 102 Å². The lowest BCUT2D eigenvalue weighted by Crippen LogP contribution is -2.66. The molecule has 0 atom stereocenters. The minimum absolute atomic E-state index is 0.188. The summed E-state index contributed by atoms with van der Waals surface area (Å²) in [5, 5.41) is 3.71. The van der Waals surface area contributed by atoms with E-state index in [9.17, 15) is 0 Å². The summed E-state index contributed by atoms with van der Waals surface area (Å²) in [6, 6.07) is 33.4. The minimum Gasteiger partial charge on any atom is -0.358 e. The van der Waals surface area contributed by atoms with Crippen LogP contribution in [0.25, 0.3) is 21.5 Å². The number of fused-ring (bicyclic) bond motifs is 14. The maximum absolute atomic E-state index is 8.23. The lowest BCUT2D eigenvalue weighted by Gasteiger charge is -2.40. The summed E-state index contributed by atoms with van der Waals surface area (Å²) >= 11 is 0. The second kappa shape index (κ2) is 15.4. The molecule has 11 heteroatoms. The monoisotopic (exact) mass is 826 g/mol. The van der Waals surface area contributed by atoms with Crippen LogP contribution in [0.4, 0.5) is 11.6 Å². The van der Waals surface area contributed by atoms with Gasteiger partial charge in [0.15, 0.2) is 23.3 Å². The standard InChI is InChI=1S/C50H54N8O2Si/c1-29(2)25-33(26-30(3)4)59-61(60-34(27-31(5)6)28-32(7)8)57-47-39-21-13-14-22-40(39)49(57)55-45-37-19-11-12-20-38(37)46(52-45)56-50-42-24-16-15-23-41(42)48(58(50)61)54-44-36-18-10-9-17-35(36)43(51-44)53-47/h9-24,29-34H,25-28H2,1-8H3/b53-43-,53-47?,54-44?,54-48-,55-45-,55-49?,56-46?,56-50-. The fourth-order valence-corrected chi connectivity index (χ4v) is 13.3. The Labute approximate surface area is 358 Å².